The molecule has 0 aliphatic carbocycles. The van der Waals surface area contributed by atoms with Gasteiger partial charge in [0.1, 0.15) is 28.4 Å². The van der Waals surface area contributed by atoms with E-state index in [1.807, 2.05) is 4.90 Å². The molecule has 0 aromatic carbocycles. The SMILES string of the molecule is CCOC(=O)c1c(C)oc2nc(CN3CCN(c4ncc(C(F)(F)F)cc4Cl)CC3)[nH]c(=O)c12. The molecule has 0 radical (unpaired) electrons. The molecule has 1 saturated heterocycles. The first-order chi connectivity index (χ1) is 16.1. The van der Waals surface area contributed by atoms with E-state index in [1.54, 1.807) is 18.7 Å². The van der Waals surface area contributed by atoms with Gasteiger partial charge in [-0.25, -0.2) is 9.78 Å². The first-order valence-electron chi connectivity index (χ1n) is 10.5. The smallest absolute Gasteiger partial charge is 0.417 e. The Morgan fingerprint density at radius 2 is 2.00 bits per heavy atom. The molecule has 4 rings (SSSR count). The topological polar surface area (TPSA) is 105 Å². The minimum absolute atomic E-state index is 0.0486. The third-order valence-corrected chi connectivity index (χ3v) is 5.74. The van der Waals surface area contributed by atoms with Crippen molar-refractivity contribution < 1.29 is 27.1 Å². The number of aromatic amines is 1. The van der Waals surface area contributed by atoms with E-state index in [4.69, 9.17) is 20.8 Å². The summed E-state index contributed by atoms with van der Waals surface area (Å²) < 4.78 is 49.1. The molecule has 0 saturated carbocycles. The molecule has 182 valence electrons. The predicted molar refractivity (Wildman–Crippen MR) is 117 cm³/mol. The summed E-state index contributed by atoms with van der Waals surface area (Å²) in [6.07, 6.45) is -3.74. The Morgan fingerprint density at radius 3 is 2.62 bits per heavy atom. The van der Waals surface area contributed by atoms with Crippen LogP contribution in [-0.4, -0.2) is 58.6 Å². The molecule has 0 atom stereocenters. The van der Waals surface area contributed by atoms with Crippen LogP contribution in [0.1, 0.15) is 34.4 Å². The van der Waals surface area contributed by atoms with Crippen molar-refractivity contribution in [1.82, 2.24) is 19.9 Å². The number of esters is 1. The third kappa shape index (κ3) is 4.73. The lowest BCUT2D eigenvalue weighted by molar-refractivity contribution is -0.137. The number of anilines is 1. The molecule has 3 aromatic heterocycles. The van der Waals surface area contributed by atoms with E-state index in [-0.39, 0.29) is 34.1 Å². The number of rotatable bonds is 5. The van der Waals surface area contributed by atoms with Gasteiger partial charge < -0.3 is 19.0 Å². The molecule has 0 amide bonds. The van der Waals surface area contributed by atoms with Gasteiger partial charge in [0.2, 0.25) is 5.71 Å². The number of pyridine rings is 1. The van der Waals surface area contributed by atoms with Crippen molar-refractivity contribution in [3.8, 4) is 0 Å². The zero-order chi connectivity index (χ0) is 24.6. The van der Waals surface area contributed by atoms with Gasteiger partial charge in [-0.05, 0) is 19.9 Å². The highest BCUT2D eigenvalue weighted by molar-refractivity contribution is 6.33. The average Bonchev–Trinajstić information content (AvgIpc) is 3.10. The number of furan rings is 1. The highest BCUT2D eigenvalue weighted by Crippen LogP contribution is 2.33. The molecular weight excluding hydrogens is 479 g/mol. The second-order valence-electron chi connectivity index (χ2n) is 7.74. The lowest BCUT2D eigenvalue weighted by Gasteiger charge is -2.35. The molecule has 1 fully saturated rings. The van der Waals surface area contributed by atoms with Crippen molar-refractivity contribution in [2.75, 3.05) is 37.7 Å². The molecule has 1 aliphatic rings. The molecule has 0 spiro atoms. The summed E-state index contributed by atoms with van der Waals surface area (Å²) in [5.41, 5.74) is -1.28. The maximum absolute atomic E-state index is 12.8. The standard InChI is InChI=1S/C21H21ClF3N5O4/c1-3-33-20(32)15-11(2)34-19-16(15)18(31)27-14(28-19)10-29-4-6-30(7-5-29)17-13(22)8-12(9-26-17)21(23,24)25/h8-9H,3-7,10H2,1-2H3,(H,27,28,31). The van der Waals surface area contributed by atoms with Crippen molar-refractivity contribution in [2.45, 2.75) is 26.6 Å². The van der Waals surface area contributed by atoms with Gasteiger partial charge in [0.25, 0.3) is 5.56 Å². The third-order valence-electron chi connectivity index (χ3n) is 5.46. The van der Waals surface area contributed by atoms with Crippen molar-refractivity contribution in [2.24, 2.45) is 0 Å². The predicted octanol–water partition coefficient (Wildman–Crippen LogP) is 3.39. The summed E-state index contributed by atoms with van der Waals surface area (Å²) in [6.45, 7) is 5.70. The summed E-state index contributed by atoms with van der Waals surface area (Å²) in [5, 5.41) is -0.0159. The minimum atomic E-state index is -4.51. The number of hydrogen-bond donors (Lipinski definition) is 1. The fourth-order valence-corrected chi connectivity index (χ4v) is 4.12. The lowest BCUT2D eigenvalue weighted by atomic mass is 10.2. The van der Waals surface area contributed by atoms with Crippen LogP contribution in [-0.2, 0) is 17.5 Å². The highest BCUT2D eigenvalue weighted by Gasteiger charge is 2.32. The van der Waals surface area contributed by atoms with E-state index < -0.39 is 23.3 Å². The lowest BCUT2D eigenvalue weighted by Crippen LogP contribution is -2.46. The zero-order valence-electron chi connectivity index (χ0n) is 18.3. The molecular formula is C21H21ClF3N5O4. The van der Waals surface area contributed by atoms with E-state index in [1.165, 1.54) is 0 Å². The summed E-state index contributed by atoms with van der Waals surface area (Å²) >= 11 is 6.05. The van der Waals surface area contributed by atoms with E-state index in [0.717, 1.165) is 12.3 Å². The second kappa shape index (κ2) is 9.26. The zero-order valence-corrected chi connectivity index (χ0v) is 19.1. The number of H-pyrrole nitrogens is 1. The Morgan fingerprint density at radius 1 is 1.29 bits per heavy atom. The van der Waals surface area contributed by atoms with Crippen molar-refractivity contribution in [1.29, 1.82) is 0 Å². The first kappa shape index (κ1) is 24.0. The van der Waals surface area contributed by atoms with Gasteiger partial charge in [0, 0.05) is 32.4 Å². The van der Waals surface area contributed by atoms with Crippen LogP contribution in [0.25, 0.3) is 11.1 Å². The van der Waals surface area contributed by atoms with Crippen LogP contribution >= 0.6 is 11.6 Å². The number of carbonyl (C=O) groups is 1. The maximum atomic E-state index is 12.8. The van der Waals surface area contributed by atoms with E-state index in [2.05, 4.69) is 15.0 Å². The number of halogens is 4. The highest BCUT2D eigenvalue weighted by atomic mass is 35.5. The van der Waals surface area contributed by atoms with E-state index in [9.17, 15) is 22.8 Å². The number of aryl methyl sites for hydroxylation is 1. The van der Waals surface area contributed by atoms with Gasteiger partial charge in [0.15, 0.2) is 0 Å². The number of nitrogens with one attached hydrogen (secondary N) is 1. The molecule has 3 aromatic rings. The molecule has 9 nitrogen and oxygen atoms in total. The summed E-state index contributed by atoms with van der Waals surface area (Å²) in [6, 6.07) is 0.871. The first-order valence-corrected chi connectivity index (χ1v) is 10.9. The Bertz CT molecular complexity index is 1280. The van der Waals surface area contributed by atoms with Gasteiger partial charge in [-0.15, -0.1) is 0 Å². The molecule has 0 unspecified atom stereocenters. The van der Waals surface area contributed by atoms with E-state index in [0.29, 0.717) is 44.4 Å². The van der Waals surface area contributed by atoms with E-state index >= 15 is 0 Å². The Balaban J connectivity index is 1.46. The van der Waals surface area contributed by atoms with Crippen molar-refractivity contribution in [3.63, 3.8) is 0 Å². The fourth-order valence-electron chi connectivity index (χ4n) is 3.84. The monoisotopic (exact) mass is 499 g/mol. The second-order valence-corrected chi connectivity index (χ2v) is 8.14. The van der Waals surface area contributed by atoms with Gasteiger partial charge >= 0.3 is 12.1 Å². The summed E-state index contributed by atoms with van der Waals surface area (Å²) in [7, 11) is 0. The van der Waals surface area contributed by atoms with Crippen LogP contribution in [0, 0.1) is 6.92 Å². The molecule has 0 bridgehead atoms. The number of piperazine rings is 1. The molecule has 4 heterocycles. The number of hydrogen-bond acceptors (Lipinski definition) is 8. The van der Waals surface area contributed by atoms with Gasteiger partial charge in [0.05, 0.1) is 23.7 Å². The average molecular weight is 500 g/mol. The van der Waals surface area contributed by atoms with Gasteiger partial charge in [-0.1, -0.05) is 11.6 Å². The van der Waals surface area contributed by atoms with Crippen LogP contribution in [0.15, 0.2) is 21.5 Å². The minimum Gasteiger partial charge on any atom is -0.462 e. The number of carbonyl (C=O) groups excluding carboxylic acids is 1. The summed E-state index contributed by atoms with van der Waals surface area (Å²) in [4.78, 5) is 39.6. The Labute approximate surface area is 196 Å². The van der Waals surface area contributed by atoms with Gasteiger partial charge in [-0.3, -0.25) is 9.69 Å². The number of ether oxygens (including phenoxy) is 1. The Kier molecular flexibility index (Phi) is 6.54. The molecule has 1 N–H and O–H groups in total. The summed E-state index contributed by atoms with van der Waals surface area (Å²) in [5.74, 6) is 0.254. The number of alkyl halides is 3. The van der Waals surface area contributed by atoms with Crippen molar-refractivity contribution >= 4 is 34.5 Å². The number of fused-ring (bicyclic) bond motifs is 1. The van der Waals surface area contributed by atoms with Crippen LogP contribution in [0.4, 0.5) is 19.0 Å². The maximum Gasteiger partial charge on any atom is 0.417 e. The van der Waals surface area contributed by atoms with Crippen molar-refractivity contribution in [3.05, 3.63) is 50.4 Å². The van der Waals surface area contributed by atoms with Crippen LogP contribution in [0.5, 0.6) is 0 Å². The molecule has 34 heavy (non-hydrogen) atoms. The van der Waals surface area contributed by atoms with Crippen LogP contribution in [0.2, 0.25) is 5.02 Å². The largest absolute Gasteiger partial charge is 0.462 e. The Hall–Kier alpha value is -3.12. The van der Waals surface area contributed by atoms with Gasteiger partial charge in [-0.2, -0.15) is 18.2 Å². The number of aromatic nitrogens is 3. The number of nitrogens with zero attached hydrogens (tertiary/aromatic N) is 4. The van der Waals surface area contributed by atoms with Crippen LogP contribution < -0.4 is 10.5 Å². The van der Waals surface area contributed by atoms with Crippen LogP contribution in [0.3, 0.4) is 0 Å². The fraction of sp³-hybridized carbons (Fsp3) is 0.429. The normalized spacial score (nSPS) is 15.2. The molecule has 1 aliphatic heterocycles. The quantitative estimate of drug-likeness (QED) is 0.533. The molecule has 13 heteroatoms.